The predicted octanol–water partition coefficient (Wildman–Crippen LogP) is 5.86. The number of likely N-dealkylation sites (N-methyl/N-ethyl adjacent to an activating group) is 1. The number of aromatic nitrogens is 2. The van der Waals surface area contributed by atoms with Gasteiger partial charge in [-0.3, -0.25) is 24.2 Å². The zero-order valence-corrected chi connectivity index (χ0v) is 24.2. The van der Waals surface area contributed by atoms with Gasteiger partial charge in [0.25, 0.3) is 0 Å². The van der Waals surface area contributed by atoms with Crippen LogP contribution in [0.3, 0.4) is 0 Å². The number of carboxylic acid groups (broad SMARTS) is 1. The SMILES string of the molecule is CN1C(=O)Cc2cc(-c3ccc(OCF)cc3-c3csc(N(C(=O)[C@@H](CC(=O)O)CC4CCCC4)C4CC4)n3)cnc21. The molecular formula is C31H33FN4O5S. The average molecular weight is 593 g/mol. The summed E-state index contributed by atoms with van der Waals surface area (Å²) in [5.74, 6) is -0.402. The van der Waals surface area contributed by atoms with Crippen molar-refractivity contribution in [2.75, 3.05) is 23.7 Å². The first-order valence-corrected chi connectivity index (χ1v) is 15.3. The number of thiazole rings is 1. The molecule has 3 aromatic rings. The average Bonchev–Trinajstić information content (AvgIpc) is 3.32. The first-order chi connectivity index (χ1) is 20.3. The van der Waals surface area contributed by atoms with Crippen molar-refractivity contribution in [3.05, 3.63) is 41.4 Å². The summed E-state index contributed by atoms with van der Waals surface area (Å²) in [7, 11) is 1.70. The van der Waals surface area contributed by atoms with Gasteiger partial charge in [-0.2, -0.15) is 0 Å². The van der Waals surface area contributed by atoms with Gasteiger partial charge in [0.05, 0.1) is 18.5 Å². The van der Waals surface area contributed by atoms with Crippen LogP contribution in [0, 0.1) is 11.8 Å². The minimum absolute atomic E-state index is 0.00693. The number of hydrogen-bond acceptors (Lipinski definition) is 7. The Bertz CT molecular complexity index is 1520. The maximum absolute atomic E-state index is 13.9. The molecule has 0 bridgehead atoms. The van der Waals surface area contributed by atoms with Crippen molar-refractivity contribution in [3.63, 3.8) is 0 Å². The molecule has 0 unspecified atom stereocenters. The molecule has 3 heterocycles. The van der Waals surface area contributed by atoms with Gasteiger partial charge in [0.15, 0.2) is 5.13 Å². The van der Waals surface area contributed by atoms with Gasteiger partial charge in [-0.15, -0.1) is 11.3 Å². The third kappa shape index (κ3) is 5.74. The Morgan fingerprint density at radius 1 is 1.19 bits per heavy atom. The van der Waals surface area contributed by atoms with Crippen LogP contribution in [0.1, 0.15) is 56.9 Å². The monoisotopic (exact) mass is 592 g/mol. The molecule has 0 radical (unpaired) electrons. The highest BCUT2D eigenvalue weighted by molar-refractivity contribution is 7.14. The number of ether oxygens (including phenoxy) is 1. The lowest BCUT2D eigenvalue weighted by Gasteiger charge is -2.26. The van der Waals surface area contributed by atoms with Crippen molar-refractivity contribution in [1.29, 1.82) is 0 Å². The predicted molar refractivity (Wildman–Crippen MR) is 157 cm³/mol. The molecule has 0 saturated heterocycles. The van der Waals surface area contributed by atoms with Crippen LogP contribution in [-0.2, 0) is 20.8 Å². The Kier molecular flexibility index (Phi) is 7.94. The highest BCUT2D eigenvalue weighted by Gasteiger charge is 2.40. The smallest absolute Gasteiger partial charge is 0.304 e. The van der Waals surface area contributed by atoms with Crippen LogP contribution in [0.2, 0.25) is 0 Å². The third-order valence-electron chi connectivity index (χ3n) is 8.49. The summed E-state index contributed by atoms with van der Waals surface area (Å²) in [6.07, 6.45) is 8.40. The standard InChI is InChI=1S/C31H33FN4O5S/c1-35-27(37)12-19-11-21(15-33-29(19)35)24-9-8-23(41-17-32)14-25(24)26-16-42-31(34-26)36(22-6-7-22)30(40)20(13-28(38)39)10-18-4-2-3-5-18/h8-9,11,14-16,18,20,22H,2-7,10,12-13,17H2,1H3,(H,38,39)/t20-/m1/s1. The van der Waals surface area contributed by atoms with E-state index in [-0.39, 0.29) is 30.7 Å². The van der Waals surface area contributed by atoms with Crippen molar-refractivity contribution < 1.29 is 28.6 Å². The van der Waals surface area contributed by atoms with E-state index < -0.39 is 18.7 Å². The Hall–Kier alpha value is -3.86. The fraction of sp³-hybridized carbons (Fsp3) is 0.452. The van der Waals surface area contributed by atoms with Crippen LogP contribution in [0.25, 0.3) is 22.4 Å². The molecule has 9 nitrogen and oxygen atoms in total. The van der Waals surface area contributed by atoms with Gasteiger partial charge < -0.3 is 9.84 Å². The maximum Gasteiger partial charge on any atom is 0.304 e. The summed E-state index contributed by atoms with van der Waals surface area (Å²) in [6.45, 7) is -0.980. The zero-order valence-electron chi connectivity index (χ0n) is 23.4. The van der Waals surface area contributed by atoms with Gasteiger partial charge >= 0.3 is 5.97 Å². The molecule has 6 rings (SSSR count). The molecule has 11 heteroatoms. The van der Waals surface area contributed by atoms with E-state index in [4.69, 9.17) is 9.72 Å². The van der Waals surface area contributed by atoms with Gasteiger partial charge in [-0.25, -0.2) is 14.4 Å². The molecule has 2 amide bonds. The number of fused-ring (bicyclic) bond motifs is 1. The molecule has 2 fully saturated rings. The molecule has 1 aromatic carbocycles. The Morgan fingerprint density at radius 3 is 2.69 bits per heavy atom. The van der Waals surface area contributed by atoms with E-state index in [2.05, 4.69) is 4.98 Å². The van der Waals surface area contributed by atoms with Gasteiger partial charge in [0, 0.05) is 47.3 Å². The highest BCUT2D eigenvalue weighted by Crippen LogP contribution is 2.42. The molecular weight excluding hydrogens is 559 g/mol. The van der Waals surface area contributed by atoms with Crippen molar-refractivity contribution >= 4 is 40.1 Å². The number of anilines is 2. The van der Waals surface area contributed by atoms with Gasteiger partial charge in [0.1, 0.15) is 11.6 Å². The van der Waals surface area contributed by atoms with Crippen molar-refractivity contribution in [2.24, 2.45) is 11.8 Å². The first kappa shape index (κ1) is 28.3. The van der Waals surface area contributed by atoms with Crippen molar-refractivity contribution in [1.82, 2.24) is 9.97 Å². The van der Waals surface area contributed by atoms with Crippen molar-refractivity contribution in [2.45, 2.75) is 63.8 Å². The second kappa shape index (κ2) is 11.8. The highest BCUT2D eigenvalue weighted by atomic mass is 32.1. The van der Waals surface area contributed by atoms with Crippen LogP contribution >= 0.6 is 11.3 Å². The fourth-order valence-corrected chi connectivity index (χ4v) is 7.11. The molecule has 2 aliphatic carbocycles. The number of carboxylic acids is 1. The summed E-state index contributed by atoms with van der Waals surface area (Å²) in [5.41, 5.74) is 3.66. The number of pyridine rings is 1. The fourth-order valence-electron chi connectivity index (χ4n) is 6.21. The van der Waals surface area contributed by atoms with Crippen molar-refractivity contribution in [3.8, 4) is 28.1 Å². The first-order valence-electron chi connectivity index (χ1n) is 14.4. The normalized spacial score (nSPS) is 17.4. The summed E-state index contributed by atoms with van der Waals surface area (Å²) >= 11 is 1.34. The summed E-state index contributed by atoms with van der Waals surface area (Å²) in [6, 6.07) is 7.15. The largest absolute Gasteiger partial charge is 0.481 e. The Morgan fingerprint density at radius 2 is 1.98 bits per heavy atom. The molecule has 42 heavy (non-hydrogen) atoms. The Balaban J connectivity index is 1.34. The molecule has 1 aliphatic heterocycles. The lowest BCUT2D eigenvalue weighted by atomic mass is 9.90. The molecule has 220 valence electrons. The summed E-state index contributed by atoms with van der Waals surface area (Å²) in [5, 5.41) is 12.0. The van der Waals surface area contributed by atoms with E-state index >= 15 is 0 Å². The quantitative estimate of drug-likeness (QED) is 0.297. The molecule has 1 N–H and O–H groups in total. The summed E-state index contributed by atoms with van der Waals surface area (Å²) in [4.78, 5) is 50.6. The van der Waals surface area contributed by atoms with Crippen LogP contribution in [-0.4, -0.2) is 52.8 Å². The number of carbonyl (C=O) groups is 3. The van der Waals surface area contributed by atoms with E-state index in [9.17, 15) is 23.9 Å². The Labute approximate surface area is 247 Å². The third-order valence-corrected chi connectivity index (χ3v) is 9.33. The van der Waals surface area contributed by atoms with Crippen LogP contribution in [0.5, 0.6) is 5.75 Å². The lowest BCUT2D eigenvalue weighted by molar-refractivity contribution is -0.141. The van der Waals surface area contributed by atoms with E-state index in [0.717, 1.165) is 55.2 Å². The number of amides is 2. The number of alkyl halides is 1. The molecule has 1 atom stereocenters. The molecule has 0 spiro atoms. The number of benzene rings is 1. The van der Waals surface area contributed by atoms with Crippen LogP contribution < -0.4 is 14.5 Å². The van der Waals surface area contributed by atoms with E-state index in [1.165, 1.54) is 11.3 Å². The summed E-state index contributed by atoms with van der Waals surface area (Å²) < 4.78 is 18.3. The number of aliphatic carboxylic acids is 1. The zero-order chi connectivity index (χ0) is 29.4. The van der Waals surface area contributed by atoms with Gasteiger partial charge in [0.2, 0.25) is 18.7 Å². The molecule has 3 aliphatic rings. The second-order valence-electron chi connectivity index (χ2n) is 11.4. The van der Waals surface area contributed by atoms with E-state index in [1.54, 1.807) is 35.2 Å². The molecule has 2 saturated carbocycles. The van der Waals surface area contributed by atoms with Gasteiger partial charge in [-0.05, 0) is 55.0 Å². The number of carbonyl (C=O) groups excluding carboxylic acids is 2. The van der Waals surface area contributed by atoms with E-state index in [0.29, 0.717) is 40.3 Å². The second-order valence-corrected chi connectivity index (χ2v) is 12.3. The number of rotatable bonds is 11. The van der Waals surface area contributed by atoms with E-state index in [1.807, 2.05) is 17.5 Å². The van der Waals surface area contributed by atoms with Crippen LogP contribution in [0.15, 0.2) is 35.8 Å². The topological polar surface area (TPSA) is 113 Å². The maximum atomic E-state index is 13.9. The number of hydrogen-bond donors (Lipinski definition) is 1. The molecule has 2 aromatic heterocycles. The number of halogens is 1. The number of nitrogens with zero attached hydrogens (tertiary/aromatic N) is 4. The minimum Gasteiger partial charge on any atom is -0.481 e. The van der Waals surface area contributed by atoms with Gasteiger partial charge in [-0.1, -0.05) is 25.7 Å². The minimum atomic E-state index is -0.980. The lowest BCUT2D eigenvalue weighted by Crippen LogP contribution is -2.39. The van der Waals surface area contributed by atoms with Crippen LogP contribution in [0.4, 0.5) is 15.3 Å².